The third kappa shape index (κ3) is 4.08. The summed E-state index contributed by atoms with van der Waals surface area (Å²) in [6.45, 7) is 3.05. The Balaban J connectivity index is 1.28. The normalized spacial score (nSPS) is 15.3. The van der Waals surface area contributed by atoms with Crippen LogP contribution < -0.4 is 15.6 Å². The number of aromatic nitrogens is 1. The first-order chi connectivity index (χ1) is 15.6. The first-order valence-electron chi connectivity index (χ1n) is 11.2. The lowest BCUT2D eigenvalue weighted by atomic mass is 10.0. The van der Waals surface area contributed by atoms with Crippen LogP contribution in [-0.2, 0) is 13.6 Å². The van der Waals surface area contributed by atoms with E-state index in [2.05, 4.69) is 52.7 Å². The Morgan fingerprint density at radius 1 is 0.969 bits per heavy atom. The predicted octanol–water partition coefficient (Wildman–Crippen LogP) is 4.78. The summed E-state index contributed by atoms with van der Waals surface area (Å²) in [5.74, 6) is 0.796. The third-order valence-electron chi connectivity index (χ3n) is 6.62. The Morgan fingerprint density at radius 3 is 2.53 bits per heavy atom. The molecule has 164 valence electrons. The van der Waals surface area contributed by atoms with Crippen LogP contribution in [0.2, 0.25) is 0 Å². The Labute approximate surface area is 188 Å². The van der Waals surface area contributed by atoms with Crippen LogP contribution in [0.3, 0.4) is 0 Å². The number of anilines is 1. The molecular weight excluding hydrogens is 398 g/mol. The van der Waals surface area contributed by atoms with Gasteiger partial charge in [0.2, 0.25) is 0 Å². The Kier molecular flexibility index (Phi) is 5.58. The number of nitrogens with one attached hydrogen (secondary N) is 1. The lowest BCUT2D eigenvalue weighted by Crippen LogP contribution is -2.38. The number of aryl methyl sites for hydroxylation is 1. The lowest BCUT2D eigenvalue weighted by Gasteiger charge is -2.33. The molecule has 1 aromatic heterocycles. The standard InChI is InChI=1S/C27H29N3O2/c1-29-26-10-9-23(32-2)16-24(26)25(17-27(29)31)28-22-11-13-30(14-12-22)18-19-7-8-20-5-3-4-6-21(20)15-19/h3-10,15-17,22,28H,11-14,18H2,1-2H3. The van der Waals surface area contributed by atoms with Crippen molar-refractivity contribution in [2.75, 3.05) is 25.5 Å². The zero-order chi connectivity index (χ0) is 22.1. The molecule has 32 heavy (non-hydrogen) atoms. The highest BCUT2D eigenvalue weighted by molar-refractivity contribution is 5.92. The van der Waals surface area contributed by atoms with Gasteiger partial charge in [-0.2, -0.15) is 0 Å². The number of likely N-dealkylation sites (tertiary alicyclic amines) is 1. The average Bonchev–Trinajstić information content (AvgIpc) is 2.83. The van der Waals surface area contributed by atoms with E-state index >= 15 is 0 Å². The van der Waals surface area contributed by atoms with Gasteiger partial charge in [0.05, 0.1) is 12.6 Å². The molecule has 1 fully saturated rings. The summed E-state index contributed by atoms with van der Waals surface area (Å²) < 4.78 is 7.10. The molecule has 0 amide bonds. The summed E-state index contributed by atoms with van der Waals surface area (Å²) in [6.07, 6.45) is 2.10. The number of nitrogens with zero attached hydrogens (tertiary/aromatic N) is 2. The molecule has 3 aromatic carbocycles. The Morgan fingerprint density at radius 2 is 1.75 bits per heavy atom. The molecule has 0 aliphatic carbocycles. The van der Waals surface area contributed by atoms with Gasteiger partial charge in [0.15, 0.2) is 0 Å². The van der Waals surface area contributed by atoms with E-state index in [9.17, 15) is 4.79 Å². The van der Waals surface area contributed by atoms with Crippen molar-refractivity contribution < 1.29 is 4.74 Å². The molecule has 5 heteroatoms. The van der Waals surface area contributed by atoms with Crippen LogP contribution in [0.4, 0.5) is 5.69 Å². The van der Waals surface area contributed by atoms with E-state index in [0.717, 1.165) is 54.8 Å². The maximum Gasteiger partial charge on any atom is 0.252 e. The maximum absolute atomic E-state index is 12.5. The second-order valence-electron chi connectivity index (χ2n) is 8.71. The van der Waals surface area contributed by atoms with E-state index in [1.165, 1.54) is 16.3 Å². The van der Waals surface area contributed by atoms with E-state index in [0.29, 0.717) is 6.04 Å². The lowest BCUT2D eigenvalue weighted by molar-refractivity contribution is 0.211. The molecule has 0 saturated carbocycles. The zero-order valence-corrected chi connectivity index (χ0v) is 18.7. The minimum absolute atomic E-state index is 0.00101. The van der Waals surface area contributed by atoms with E-state index in [1.54, 1.807) is 17.7 Å². The Bertz CT molecular complexity index is 1320. The monoisotopic (exact) mass is 427 g/mol. The molecule has 5 nitrogen and oxygen atoms in total. The minimum Gasteiger partial charge on any atom is -0.497 e. The van der Waals surface area contributed by atoms with Crippen LogP contribution in [0.25, 0.3) is 21.7 Å². The van der Waals surface area contributed by atoms with Gasteiger partial charge < -0.3 is 14.6 Å². The van der Waals surface area contributed by atoms with Crippen LogP contribution in [0, 0.1) is 0 Å². The van der Waals surface area contributed by atoms with Gasteiger partial charge in [-0.1, -0.05) is 36.4 Å². The van der Waals surface area contributed by atoms with Gasteiger partial charge in [0.25, 0.3) is 5.56 Å². The molecule has 1 saturated heterocycles. The SMILES string of the molecule is COc1ccc2c(c1)c(NC1CCN(Cc3ccc4ccccc4c3)CC1)cc(=O)n2C. The van der Waals surface area contributed by atoms with Crippen LogP contribution in [0.15, 0.2) is 71.5 Å². The average molecular weight is 428 g/mol. The van der Waals surface area contributed by atoms with Crippen molar-refractivity contribution in [1.29, 1.82) is 0 Å². The Hall–Kier alpha value is -3.31. The smallest absolute Gasteiger partial charge is 0.252 e. The molecule has 0 bridgehead atoms. The number of pyridine rings is 1. The molecule has 0 radical (unpaired) electrons. The largest absolute Gasteiger partial charge is 0.497 e. The van der Waals surface area contributed by atoms with Crippen LogP contribution in [-0.4, -0.2) is 35.7 Å². The van der Waals surface area contributed by atoms with Crippen molar-refractivity contribution in [3.05, 3.63) is 82.6 Å². The molecule has 1 aliphatic heterocycles. The first-order valence-corrected chi connectivity index (χ1v) is 11.2. The van der Waals surface area contributed by atoms with Crippen molar-refractivity contribution in [1.82, 2.24) is 9.47 Å². The minimum atomic E-state index is -0.00101. The molecule has 1 aliphatic rings. The van der Waals surface area contributed by atoms with Crippen LogP contribution >= 0.6 is 0 Å². The summed E-state index contributed by atoms with van der Waals surface area (Å²) in [6, 6.07) is 23.2. The number of hydrogen-bond acceptors (Lipinski definition) is 4. The molecule has 5 rings (SSSR count). The topological polar surface area (TPSA) is 46.5 Å². The van der Waals surface area contributed by atoms with Crippen molar-refractivity contribution in [2.24, 2.45) is 7.05 Å². The summed E-state index contributed by atoms with van der Waals surface area (Å²) in [7, 11) is 3.48. The highest BCUT2D eigenvalue weighted by Gasteiger charge is 2.20. The van der Waals surface area contributed by atoms with Crippen molar-refractivity contribution in [3.63, 3.8) is 0 Å². The zero-order valence-electron chi connectivity index (χ0n) is 18.7. The molecular formula is C27H29N3O2. The fourth-order valence-corrected chi connectivity index (χ4v) is 4.74. The van der Waals surface area contributed by atoms with E-state index in [1.807, 2.05) is 25.2 Å². The number of fused-ring (bicyclic) bond motifs is 2. The van der Waals surface area contributed by atoms with Crippen molar-refractivity contribution in [2.45, 2.75) is 25.4 Å². The summed E-state index contributed by atoms with van der Waals surface area (Å²) in [4.78, 5) is 15.0. The molecule has 2 heterocycles. The van der Waals surface area contributed by atoms with Gasteiger partial charge in [0, 0.05) is 49.9 Å². The van der Waals surface area contributed by atoms with E-state index in [4.69, 9.17) is 4.74 Å². The third-order valence-corrected chi connectivity index (χ3v) is 6.62. The number of piperidine rings is 1. The second-order valence-corrected chi connectivity index (χ2v) is 8.71. The predicted molar refractivity (Wildman–Crippen MR) is 132 cm³/mol. The first kappa shape index (κ1) is 20.6. The quantitative estimate of drug-likeness (QED) is 0.498. The van der Waals surface area contributed by atoms with Gasteiger partial charge in [0.1, 0.15) is 5.75 Å². The number of methoxy groups -OCH3 is 1. The maximum atomic E-state index is 12.5. The molecule has 4 aromatic rings. The molecule has 1 N–H and O–H groups in total. The van der Waals surface area contributed by atoms with Gasteiger partial charge >= 0.3 is 0 Å². The molecule has 0 atom stereocenters. The molecule has 0 unspecified atom stereocenters. The van der Waals surface area contributed by atoms with Gasteiger partial charge in [-0.15, -0.1) is 0 Å². The summed E-state index contributed by atoms with van der Waals surface area (Å²) in [5.41, 5.74) is 3.17. The number of hydrogen-bond donors (Lipinski definition) is 1. The highest BCUT2D eigenvalue weighted by atomic mass is 16.5. The van der Waals surface area contributed by atoms with Crippen molar-refractivity contribution in [3.8, 4) is 5.75 Å². The molecule has 0 spiro atoms. The number of ether oxygens (including phenoxy) is 1. The van der Waals surface area contributed by atoms with E-state index < -0.39 is 0 Å². The van der Waals surface area contributed by atoms with Crippen LogP contribution in [0.1, 0.15) is 18.4 Å². The van der Waals surface area contributed by atoms with Crippen LogP contribution in [0.5, 0.6) is 5.75 Å². The van der Waals surface area contributed by atoms with E-state index in [-0.39, 0.29) is 5.56 Å². The summed E-state index contributed by atoms with van der Waals surface area (Å²) in [5, 5.41) is 7.26. The van der Waals surface area contributed by atoms with Gasteiger partial charge in [-0.05, 0) is 53.4 Å². The highest BCUT2D eigenvalue weighted by Crippen LogP contribution is 2.28. The number of rotatable bonds is 5. The van der Waals surface area contributed by atoms with Gasteiger partial charge in [-0.25, -0.2) is 0 Å². The fourth-order valence-electron chi connectivity index (χ4n) is 4.74. The van der Waals surface area contributed by atoms with Gasteiger partial charge in [-0.3, -0.25) is 9.69 Å². The number of benzene rings is 3. The fraction of sp³-hybridized carbons (Fsp3) is 0.296. The second kappa shape index (κ2) is 8.67. The van der Waals surface area contributed by atoms with Crippen molar-refractivity contribution >= 4 is 27.4 Å². The summed E-state index contributed by atoms with van der Waals surface area (Å²) >= 11 is 0.